The summed E-state index contributed by atoms with van der Waals surface area (Å²) in [5.41, 5.74) is 3.05. The highest BCUT2D eigenvalue weighted by atomic mass is 16.1. The van der Waals surface area contributed by atoms with E-state index in [4.69, 9.17) is 0 Å². The zero-order valence-electron chi connectivity index (χ0n) is 14.7. The van der Waals surface area contributed by atoms with Crippen LogP contribution in [0, 0.1) is 6.92 Å². The lowest BCUT2D eigenvalue weighted by atomic mass is 10.1. The highest BCUT2D eigenvalue weighted by Gasteiger charge is 2.06. The molecule has 2 N–H and O–H groups in total. The number of aromatic nitrogens is 1. The molecule has 0 aliphatic heterocycles. The van der Waals surface area contributed by atoms with Gasteiger partial charge in [-0.1, -0.05) is 29.8 Å². The van der Waals surface area contributed by atoms with Gasteiger partial charge < -0.3 is 15.5 Å². The van der Waals surface area contributed by atoms with Gasteiger partial charge in [-0.15, -0.1) is 0 Å². The van der Waals surface area contributed by atoms with E-state index < -0.39 is 0 Å². The minimum atomic E-state index is -0.0606. The molecule has 1 aromatic carbocycles. The van der Waals surface area contributed by atoms with Gasteiger partial charge in [0.15, 0.2) is 0 Å². The van der Waals surface area contributed by atoms with E-state index in [1.165, 1.54) is 11.1 Å². The Kier molecular flexibility index (Phi) is 6.75. The molecule has 0 fully saturated rings. The normalized spacial score (nSPS) is 10.7. The van der Waals surface area contributed by atoms with Crippen LogP contribution in [-0.4, -0.2) is 43.0 Å². The molecule has 5 heteroatoms. The lowest BCUT2D eigenvalue weighted by Crippen LogP contribution is -2.27. The SMILES string of the molecule is Cc1ccc(CNc2cc(C(=O)NCCCN(C)C)ccn2)cc1. The van der Waals surface area contributed by atoms with Crippen LogP contribution in [0.4, 0.5) is 5.82 Å². The fourth-order valence-electron chi connectivity index (χ4n) is 2.27. The second kappa shape index (κ2) is 9.03. The van der Waals surface area contributed by atoms with Crippen molar-refractivity contribution in [2.75, 3.05) is 32.5 Å². The number of anilines is 1. The standard InChI is InChI=1S/C19H26N4O/c1-15-5-7-16(8-6-15)14-22-18-13-17(9-11-20-18)19(24)21-10-4-12-23(2)3/h5-9,11,13H,4,10,12,14H2,1-3H3,(H,20,22)(H,21,24). The Hall–Kier alpha value is -2.40. The molecule has 2 rings (SSSR count). The third-order valence-electron chi connectivity index (χ3n) is 3.68. The second-order valence-electron chi connectivity index (χ2n) is 6.18. The van der Waals surface area contributed by atoms with Gasteiger partial charge in [0, 0.05) is 24.8 Å². The average molecular weight is 326 g/mol. The smallest absolute Gasteiger partial charge is 0.251 e. The van der Waals surface area contributed by atoms with Gasteiger partial charge in [-0.25, -0.2) is 4.98 Å². The molecule has 0 aliphatic rings. The van der Waals surface area contributed by atoms with Crippen LogP contribution in [0.3, 0.4) is 0 Å². The maximum atomic E-state index is 12.2. The van der Waals surface area contributed by atoms with Gasteiger partial charge in [-0.2, -0.15) is 0 Å². The van der Waals surface area contributed by atoms with Gasteiger partial charge in [0.1, 0.15) is 5.82 Å². The van der Waals surface area contributed by atoms with Gasteiger partial charge in [-0.05, 0) is 51.7 Å². The minimum Gasteiger partial charge on any atom is -0.366 e. The summed E-state index contributed by atoms with van der Waals surface area (Å²) in [6.07, 6.45) is 2.59. The Bertz CT molecular complexity index is 653. The number of amides is 1. The first-order valence-corrected chi connectivity index (χ1v) is 8.23. The van der Waals surface area contributed by atoms with Crippen molar-refractivity contribution in [1.82, 2.24) is 15.2 Å². The number of hydrogen-bond acceptors (Lipinski definition) is 4. The molecule has 2 aromatic rings. The summed E-state index contributed by atoms with van der Waals surface area (Å²) in [5.74, 6) is 0.644. The number of hydrogen-bond donors (Lipinski definition) is 2. The molecule has 1 amide bonds. The predicted octanol–water partition coefficient (Wildman–Crippen LogP) is 2.68. The van der Waals surface area contributed by atoms with Crippen LogP contribution in [-0.2, 0) is 6.54 Å². The summed E-state index contributed by atoms with van der Waals surface area (Å²) in [6, 6.07) is 11.9. The molecule has 0 unspecified atom stereocenters. The summed E-state index contributed by atoms with van der Waals surface area (Å²) in [6.45, 7) is 4.38. The van der Waals surface area contributed by atoms with Crippen LogP contribution in [0.5, 0.6) is 0 Å². The van der Waals surface area contributed by atoms with Crippen LogP contribution in [0.25, 0.3) is 0 Å². The van der Waals surface area contributed by atoms with Crippen molar-refractivity contribution in [2.45, 2.75) is 19.9 Å². The fourth-order valence-corrected chi connectivity index (χ4v) is 2.27. The van der Waals surface area contributed by atoms with Crippen molar-refractivity contribution in [3.05, 3.63) is 59.3 Å². The summed E-state index contributed by atoms with van der Waals surface area (Å²) in [4.78, 5) is 18.6. The molecule has 0 saturated carbocycles. The summed E-state index contributed by atoms with van der Waals surface area (Å²) < 4.78 is 0. The highest BCUT2D eigenvalue weighted by molar-refractivity contribution is 5.94. The van der Waals surface area contributed by atoms with Crippen LogP contribution in [0.1, 0.15) is 27.9 Å². The molecule has 0 spiro atoms. The van der Waals surface area contributed by atoms with Gasteiger partial charge in [0.05, 0.1) is 0 Å². The average Bonchev–Trinajstić information content (AvgIpc) is 2.58. The van der Waals surface area contributed by atoms with Gasteiger partial charge >= 0.3 is 0 Å². The number of carbonyl (C=O) groups is 1. The molecular weight excluding hydrogens is 300 g/mol. The minimum absolute atomic E-state index is 0.0606. The van der Waals surface area contributed by atoms with Gasteiger partial charge in [0.25, 0.3) is 5.91 Å². The quantitative estimate of drug-likeness (QED) is 0.732. The van der Waals surface area contributed by atoms with E-state index in [-0.39, 0.29) is 5.91 Å². The maximum absolute atomic E-state index is 12.2. The zero-order chi connectivity index (χ0) is 17.4. The third kappa shape index (κ3) is 6.01. The van der Waals surface area contributed by atoms with Crippen molar-refractivity contribution in [3.63, 3.8) is 0 Å². The summed E-state index contributed by atoms with van der Waals surface area (Å²) in [7, 11) is 4.05. The maximum Gasteiger partial charge on any atom is 0.251 e. The van der Waals surface area contributed by atoms with E-state index >= 15 is 0 Å². The van der Waals surface area contributed by atoms with Crippen LogP contribution in [0.15, 0.2) is 42.6 Å². The zero-order valence-corrected chi connectivity index (χ0v) is 14.7. The molecule has 0 bridgehead atoms. The monoisotopic (exact) mass is 326 g/mol. The number of pyridine rings is 1. The first-order valence-electron chi connectivity index (χ1n) is 8.23. The predicted molar refractivity (Wildman–Crippen MR) is 98.2 cm³/mol. The molecule has 1 aromatic heterocycles. The molecule has 5 nitrogen and oxygen atoms in total. The second-order valence-corrected chi connectivity index (χ2v) is 6.18. The molecule has 0 atom stereocenters. The van der Waals surface area contributed by atoms with E-state index in [9.17, 15) is 4.79 Å². The van der Waals surface area contributed by atoms with Crippen molar-refractivity contribution in [2.24, 2.45) is 0 Å². The number of benzene rings is 1. The Morgan fingerprint density at radius 1 is 1.17 bits per heavy atom. The van der Waals surface area contributed by atoms with Crippen molar-refractivity contribution < 1.29 is 4.79 Å². The number of aryl methyl sites for hydroxylation is 1. The molecule has 0 aliphatic carbocycles. The summed E-state index contributed by atoms with van der Waals surface area (Å²) in [5, 5.41) is 6.20. The third-order valence-corrected chi connectivity index (χ3v) is 3.68. The largest absolute Gasteiger partial charge is 0.366 e. The Morgan fingerprint density at radius 2 is 1.92 bits per heavy atom. The van der Waals surface area contributed by atoms with Crippen molar-refractivity contribution in [1.29, 1.82) is 0 Å². The van der Waals surface area contributed by atoms with Gasteiger partial charge in [-0.3, -0.25) is 4.79 Å². The van der Waals surface area contributed by atoms with E-state index in [1.807, 2.05) is 14.1 Å². The first-order chi connectivity index (χ1) is 11.5. The molecule has 0 saturated heterocycles. The Balaban J connectivity index is 1.86. The molecule has 1 heterocycles. The fraction of sp³-hybridized carbons (Fsp3) is 0.368. The molecule has 128 valence electrons. The Morgan fingerprint density at radius 3 is 2.62 bits per heavy atom. The van der Waals surface area contributed by atoms with Crippen LogP contribution >= 0.6 is 0 Å². The Labute approximate surface area is 144 Å². The number of nitrogens with one attached hydrogen (secondary N) is 2. The lowest BCUT2D eigenvalue weighted by molar-refractivity contribution is 0.0952. The molecular formula is C19H26N4O. The van der Waals surface area contributed by atoms with Crippen molar-refractivity contribution in [3.8, 4) is 0 Å². The number of carbonyl (C=O) groups excluding carboxylic acids is 1. The van der Waals surface area contributed by atoms with E-state index in [2.05, 4.69) is 51.7 Å². The van der Waals surface area contributed by atoms with Crippen molar-refractivity contribution >= 4 is 11.7 Å². The van der Waals surface area contributed by atoms with E-state index in [0.29, 0.717) is 24.5 Å². The molecule has 24 heavy (non-hydrogen) atoms. The first kappa shape index (κ1) is 17.9. The highest BCUT2D eigenvalue weighted by Crippen LogP contribution is 2.10. The van der Waals surface area contributed by atoms with E-state index in [1.54, 1.807) is 18.3 Å². The summed E-state index contributed by atoms with van der Waals surface area (Å²) >= 11 is 0. The lowest BCUT2D eigenvalue weighted by Gasteiger charge is -2.11. The van der Waals surface area contributed by atoms with Crippen LogP contribution in [0.2, 0.25) is 0 Å². The van der Waals surface area contributed by atoms with E-state index in [0.717, 1.165) is 13.0 Å². The molecule has 0 radical (unpaired) electrons. The topological polar surface area (TPSA) is 57.3 Å². The van der Waals surface area contributed by atoms with Gasteiger partial charge in [0.2, 0.25) is 0 Å². The van der Waals surface area contributed by atoms with Crippen LogP contribution < -0.4 is 10.6 Å². The number of rotatable bonds is 8. The number of nitrogens with zero attached hydrogens (tertiary/aromatic N) is 2.